The molecule has 8 nitrogen and oxygen atoms in total. The van der Waals surface area contributed by atoms with Gasteiger partial charge in [0.1, 0.15) is 10.8 Å². The maximum Gasteiger partial charge on any atom is 0.217 e. The minimum absolute atomic E-state index is 0.160. The monoisotopic (exact) mass is 459 g/mol. The van der Waals surface area contributed by atoms with Gasteiger partial charge in [-0.25, -0.2) is 14.3 Å². The molecule has 0 amide bonds. The van der Waals surface area contributed by atoms with E-state index in [9.17, 15) is 0 Å². The van der Waals surface area contributed by atoms with Crippen molar-refractivity contribution >= 4 is 23.6 Å². The van der Waals surface area contributed by atoms with Crippen LogP contribution in [-0.4, -0.2) is 67.9 Å². The number of thiazole rings is 1. The molecule has 1 saturated heterocycles. The average Bonchev–Trinajstić information content (AvgIpc) is 3.36. The van der Waals surface area contributed by atoms with Crippen molar-refractivity contribution in [2.45, 2.75) is 39.5 Å². The Balaban J connectivity index is 1.30. The highest BCUT2D eigenvalue weighted by molar-refractivity contribution is 7.71. The predicted octanol–water partition coefficient (Wildman–Crippen LogP) is 3.47. The Bertz CT molecular complexity index is 1060. The fourth-order valence-electron chi connectivity index (χ4n) is 3.54. The van der Waals surface area contributed by atoms with E-state index in [2.05, 4.69) is 58.5 Å². The van der Waals surface area contributed by atoms with E-state index in [1.54, 1.807) is 23.1 Å². The number of benzene rings is 1. The van der Waals surface area contributed by atoms with Crippen molar-refractivity contribution < 1.29 is 4.74 Å². The molecule has 0 atom stereocenters. The zero-order valence-corrected chi connectivity index (χ0v) is 20.1. The van der Waals surface area contributed by atoms with E-state index in [4.69, 9.17) is 21.9 Å². The summed E-state index contributed by atoms with van der Waals surface area (Å²) in [4.78, 5) is 9.66. The summed E-state index contributed by atoms with van der Waals surface area (Å²) < 4.78 is 9.53. The third kappa shape index (κ3) is 5.20. The zero-order chi connectivity index (χ0) is 22.0. The second-order valence-corrected chi connectivity index (χ2v) is 9.97. The molecular formula is C21H29N7OS2. The van der Waals surface area contributed by atoms with Crippen molar-refractivity contribution in [2.75, 3.05) is 33.3 Å². The summed E-state index contributed by atoms with van der Waals surface area (Å²) in [7, 11) is 1.68. The summed E-state index contributed by atoms with van der Waals surface area (Å²) in [5.74, 6) is 0.862. The van der Waals surface area contributed by atoms with Gasteiger partial charge >= 0.3 is 0 Å². The standard InChI is InChI=1S/C21H29N7OS2/c1-21(2,3)28-20(30)27(23-24-28)15-26-11-9-25(10-12-26)13-17-14-31-19(22-17)16-5-7-18(29-4)8-6-16/h5-8,14H,9-13,15H2,1-4H3. The van der Waals surface area contributed by atoms with Gasteiger partial charge in [-0.15, -0.1) is 11.3 Å². The number of hydrogen-bond acceptors (Lipinski definition) is 8. The van der Waals surface area contributed by atoms with Gasteiger partial charge in [0.05, 0.1) is 25.0 Å². The van der Waals surface area contributed by atoms with Gasteiger partial charge in [-0.05, 0) is 67.7 Å². The van der Waals surface area contributed by atoms with Crippen LogP contribution in [0.15, 0.2) is 29.6 Å². The molecule has 0 spiro atoms. The lowest BCUT2D eigenvalue weighted by atomic mass is 10.1. The van der Waals surface area contributed by atoms with Crippen LogP contribution < -0.4 is 4.74 Å². The summed E-state index contributed by atoms with van der Waals surface area (Å²) >= 11 is 7.25. The first-order chi connectivity index (χ1) is 14.8. The first kappa shape index (κ1) is 22.1. The molecule has 2 aromatic heterocycles. The van der Waals surface area contributed by atoms with Crippen molar-refractivity contribution in [2.24, 2.45) is 0 Å². The Kier molecular flexibility index (Phi) is 6.52. The Hall–Kier alpha value is -2.14. The van der Waals surface area contributed by atoms with Gasteiger partial charge in [-0.3, -0.25) is 9.80 Å². The number of piperazine rings is 1. The molecule has 1 fully saturated rings. The van der Waals surface area contributed by atoms with Gasteiger partial charge in [0.15, 0.2) is 0 Å². The lowest BCUT2D eigenvalue weighted by Gasteiger charge is -2.33. The van der Waals surface area contributed by atoms with E-state index in [1.807, 2.05) is 16.8 Å². The lowest BCUT2D eigenvalue weighted by Crippen LogP contribution is -2.46. The summed E-state index contributed by atoms with van der Waals surface area (Å²) in [5, 5.41) is 11.7. The average molecular weight is 460 g/mol. The normalized spacial score (nSPS) is 16.0. The second-order valence-electron chi connectivity index (χ2n) is 8.75. The smallest absolute Gasteiger partial charge is 0.217 e. The lowest BCUT2D eigenvalue weighted by molar-refractivity contribution is 0.0968. The van der Waals surface area contributed by atoms with Crippen LogP contribution in [0.2, 0.25) is 0 Å². The molecule has 1 aliphatic heterocycles. The third-order valence-corrected chi connectivity index (χ3v) is 6.67. The van der Waals surface area contributed by atoms with Gasteiger partial charge in [-0.2, -0.15) is 0 Å². The highest BCUT2D eigenvalue weighted by Crippen LogP contribution is 2.26. The number of rotatable bonds is 6. The number of ether oxygens (including phenoxy) is 1. The number of methoxy groups -OCH3 is 1. The summed E-state index contributed by atoms with van der Waals surface area (Å²) in [6, 6.07) is 8.06. The quantitative estimate of drug-likeness (QED) is 0.523. The molecule has 0 saturated carbocycles. The first-order valence-corrected chi connectivity index (χ1v) is 11.7. The molecule has 0 bridgehead atoms. The van der Waals surface area contributed by atoms with Crippen LogP contribution in [0.25, 0.3) is 10.6 Å². The minimum atomic E-state index is -0.160. The maximum absolute atomic E-state index is 5.56. The Morgan fingerprint density at radius 1 is 1.03 bits per heavy atom. The van der Waals surface area contributed by atoms with Crippen molar-refractivity contribution in [1.29, 1.82) is 0 Å². The van der Waals surface area contributed by atoms with E-state index < -0.39 is 0 Å². The Morgan fingerprint density at radius 3 is 2.32 bits per heavy atom. The van der Waals surface area contributed by atoms with Crippen molar-refractivity contribution in [3.63, 3.8) is 0 Å². The SMILES string of the molecule is COc1ccc(-c2nc(CN3CCN(Cn4nnn(C(C)(C)C)c4=S)CC3)cs2)cc1. The fraction of sp³-hybridized carbons (Fsp3) is 0.524. The van der Waals surface area contributed by atoms with E-state index in [-0.39, 0.29) is 5.54 Å². The molecule has 10 heteroatoms. The number of aromatic nitrogens is 5. The second kappa shape index (κ2) is 9.15. The highest BCUT2D eigenvalue weighted by Gasteiger charge is 2.21. The van der Waals surface area contributed by atoms with E-state index in [1.165, 1.54) is 0 Å². The van der Waals surface area contributed by atoms with Crippen LogP contribution in [0.5, 0.6) is 5.75 Å². The van der Waals surface area contributed by atoms with Crippen LogP contribution in [0, 0.1) is 4.77 Å². The van der Waals surface area contributed by atoms with E-state index in [0.29, 0.717) is 11.4 Å². The van der Waals surface area contributed by atoms with Crippen LogP contribution in [0.1, 0.15) is 26.5 Å². The molecule has 0 N–H and O–H groups in total. The van der Waals surface area contributed by atoms with Gasteiger partial charge in [-0.1, -0.05) is 0 Å². The molecule has 1 aromatic carbocycles. The third-order valence-electron chi connectivity index (χ3n) is 5.35. The van der Waals surface area contributed by atoms with Crippen LogP contribution in [0.3, 0.4) is 0 Å². The predicted molar refractivity (Wildman–Crippen MR) is 125 cm³/mol. The highest BCUT2D eigenvalue weighted by atomic mass is 32.1. The van der Waals surface area contributed by atoms with Crippen molar-refractivity contribution in [1.82, 2.24) is 34.6 Å². The summed E-state index contributed by atoms with van der Waals surface area (Å²) in [5.41, 5.74) is 2.09. The van der Waals surface area contributed by atoms with Gasteiger partial charge < -0.3 is 4.74 Å². The number of nitrogens with zero attached hydrogens (tertiary/aromatic N) is 7. The van der Waals surface area contributed by atoms with Gasteiger partial charge in [0.2, 0.25) is 4.77 Å². The maximum atomic E-state index is 5.56. The molecule has 3 aromatic rings. The van der Waals surface area contributed by atoms with Crippen molar-refractivity contribution in [3.05, 3.63) is 40.1 Å². The number of hydrogen-bond donors (Lipinski definition) is 0. The van der Waals surface area contributed by atoms with Crippen LogP contribution >= 0.6 is 23.6 Å². The molecule has 0 aliphatic carbocycles. The number of tetrazole rings is 1. The Morgan fingerprint density at radius 2 is 1.71 bits per heavy atom. The molecule has 0 radical (unpaired) electrons. The summed E-state index contributed by atoms with van der Waals surface area (Å²) in [6.45, 7) is 11.7. The fourth-order valence-corrected chi connectivity index (χ4v) is 4.76. The molecule has 1 aliphatic rings. The van der Waals surface area contributed by atoms with E-state index in [0.717, 1.165) is 54.7 Å². The van der Waals surface area contributed by atoms with Crippen LogP contribution in [0.4, 0.5) is 0 Å². The molecule has 166 valence electrons. The topological polar surface area (TPSA) is 64.2 Å². The molecule has 3 heterocycles. The van der Waals surface area contributed by atoms with Gasteiger partial charge in [0, 0.05) is 43.7 Å². The zero-order valence-electron chi connectivity index (χ0n) is 18.5. The summed E-state index contributed by atoms with van der Waals surface area (Å²) in [6.07, 6.45) is 0. The first-order valence-electron chi connectivity index (χ1n) is 10.4. The minimum Gasteiger partial charge on any atom is -0.497 e. The van der Waals surface area contributed by atoms with Crippen LogP contribution in [-0.2, 0) is 18.8 Å². The Labute approximate surface area is 192 Å². The van der Waals surface area contributed by atoms with Gasteiger partial charge in [0.25, 0.3) is 0 Å². The largest absolute Gasteiger partial charge is 0.497 e. The molecule has 0 unspecified atom stereocenters. The van der Waals surface area contributed by atoms with E-state index >= 15 is 0 Å². The molecule has 4 rings (SSSR count). The molecule has 31 heavy (non-hydrogen) atoms. The molecular weight excluding hydrogens is 430 g/mol. The van der Waals surface area contributed by atoms with Crippen molar-refractivity contribution in [3.8, 4) is 16.3 Å².